The van der Waals surface area contributed by atoms with Crippen LogP contribution >= 0.6 is 0 Å². The van der Waals surface area contributed by atoms with E-state index in [0.717, 1.165) is 62.0 Å². The molecule has 0 saturated carbocycles. The van der Waals surface area contributed by atoms with Crippen LogP contribution in [0.1, 0.15) is 11.5 Å². The van der Waals surface area contributed by atoms with Crippen molar-refractivity contribution in [3.63, 3.8) is 0 Å². The maximum absolute atomic E-state index is 12.2. The highest BCUT2D eigenvalue weighted by Gasteiger charge is 2.18. The van der Waals surface area contributed by atoms with Gasteiger partial charge in [-0.3, -0.25) is 19.6 Å². The lowest BCUT2D eigenvalue weighted by Crippen LogP contribution is -2.47. The van der Waals surface area contributed by atoms with Gasteiger partial charge >= 0.3 is 0 Å². The molecule has 0 aliphatic carbocycles. The van der Waals surface area contributed by atoms with Crippen LogP contribution in [-0.4, -0.2) is 62.4 Å². The Balaban J connectivity index is 1.31. The SMILES string of the molecule is Cc1cc(CN2CCN(CCn3nc(-c4ccncc4)ccc3=O)CC2)on1. The standard InChI is InChI=1S/C20H24N6O2/c1-16-14-18(28-23-16)15-25-10-8-24(9-11-25)12-13-26-20(27)3-2-19(22-26)17-4-6-21-7-5-17/h2-7,14H,8-13,15H2,1H3. The Hall–Kier alpha value is -2.84. The van der Waals surface area contributed by atoms with Gasteiger partial charge in [-0.2, -0.15) is 5.10 Å². The van der Waals surface area contributed by atoms with E-state index in [1.54, 1.807) is 29.2 Å². The predicted octanol–water partition coefficient (Wildman–Crippen LogP) is 1.42. The van der Waals surface area contributed by atoms with Crippen LogP contribution in [0.2, 0.25) is 0 Å². The third-order valence-corrected chi connectivity index (χ3v) is 4.99. The zero-order chi connectivity index (χ0) is 19.3. The number of nitrogens with zero attached hydrogens (tertiary/aromatic N) is 6. The van der Waals surface area contributed by atoms with Crippen molar-refractivity contribution < 1.29 is 4.52 Å². The third-order valence-electron chi connectivity index (χ3n) is 4.99. The topological polar surface area (TPSA) is 80.3 Å². The van der Waals surface area contributed by atoms with Gasteiger partial charge in [-0.1, -0.05) is 5.16 Å². The van der Waals surface area contributed by atoms with Crippen LogP contribution in [0.25, 0.3) is 11.3 Å². The van der Waals surface area contributed by atoms with E-state index in [4.69, 9.17) is 4.52 Å². The first-order chi connectivity index (χ1) is 13.7. The van der Waals surface area contributed by atoms with Gasteiger partial charge in [-0.15, -0.1) is 0 Å². The van der Waals surface area contributed by atoms with Crippen LogP contribution < -0.4 is 5.56 Å². The molecule has 3 aromatic rings. The average molecular weight is 380 g/mol. The van der Waals surface area contributed by atoms with E-state index in [9.17, 15) is 4.79 Å². The summed E-state index contributed by atoms with van der Waals surface area (Å²) in [6.45, 7) is 7.99. The number of hydrogen-bond acceptors (Lipinski definition) is 7. The van der Waals surface area contributed by atoms with E-state index in [-0.39, 0.29) is 5.56 Å². The summed E-state index contributed by atoms with van der Waals surface area (Å²) >= 11 is 0. The third kappa shape index (κ3) is 4.52. The van der Waals surface area contributed by atoms with Crippen LogP contribution in [0, 0.1) is 6.92 Å². The van der Waals surface area contributed by atoms with Crippen molar-refractivity contribution in [3.8, 4) is 11.3 Å². The van der Waals surface area contributed by atoms with Gasteiger partial charge in [0.1, 0.15) is 0 Å². The van der Waals surface area contributed by atoms with Crippen LogP contribution in [-0.2, 0) is 13.1 Å². The maximum Gasteiger partial charge on any atom is 0.266 e. The molecule has 0 N–H and O–H groups in total. The van der Waals surface area contributed by atoms with Crippen molar-refractivity contribution in [1.29, 1.82) is 0 Å². The zero-order valence-corrected chi connectivity index (χ0v) is 16.0. The average Bonchev–Trinajstić information content (AvgIpc) is 3.14. The van der Waals surface area contributed by atoms with E-state index in [2.05, 4.69) is 25.0 Å². The van der Waals surface area contributed by atoms with Gasteiger partial charge in [0, 0.05) is 62.8 Å². The molecular weight excluding hydrogens is 356 g/mol. The lowest BCUT2D eigenvalue weighted by Gasteiger charge is -2.34. The molecule has 3 aromatic heterocycles. The Labute approximate surface area is 163 Å². The molecule has 4 rings (SSSR count). The molecule has 1 aliphatic heterocycles. The van der Waals surface area contributed by atoms with E-state index in [1.807, 2.05) is 25.1 Å². The molecule has 0 spiro atoms. The lowest BCUT2D eigenvalue weighted by molar-refractivity contribution is 0.114. The molecule has 28 heavy (non-hydrogen) atoms. The lowest BCUT2D eigenvalue weighted by atomic mass is 10.2. The van der Waals surface area contributed by atoms with E-state index < -0.39 is 0 Å². The van der Waals surface area contributed by atoms with E-state index in [0.29, 0.717) is 6.54 Å². The molecule has 1 saturated heterocycles. The molecule has 0 radical (unpaired) electrons. The highest BCUT2D eigenvalue weighted by atomic mass is 16.5. The minimum absolute atomic E-state index is 0.0721. The summed E-state index contributed by atoms with van der Waals surface area (Å²) in [5, 5.41) is 8.46. The summed E-state index contributed by atoms with van der Waals surface area (Å²) in [7, 11) is 0. The molecule has 146 valence electrons. The molecular formula is C20H24N6O2. The van der Waals surface area contributed by atoms with Gasteiger partial charge in [-0.25, -0.2) is 4.68 Å². The minimum atomic E-state index is -0.0721. The number of aryl methyl sites for hydroxylation is 1. The molecule has 0 amide bonds. The fourth-order valence-corrected chi connectivity index (χ4v) is 3.40. The van der Waals surface area contributed by atoms with Gasteiger partial charge in [-0.05, 0) is 25.1 Å². The molecule has 1 fully saturated rings. The fourth-order valence-electron chi connectivity index (χ4n) is 3.40. The smallest absolute Gasteiger partial charge is 0.266 e. The molecule has 8 heteroatoms. The van der Waals surface area contributed by atoms with Crippen molar-refractivity contribution in [2.45, 2.75) is 20.0 Å². The Morgan fingerprint density at radius 2 is 1.75 bits per heavy atom. The van der Waals surface area contributed by atoms with Crippen molar-refractivity contribution in [1.82, 2.24) is 29.7 Å². The summed E-state index contributed by atoms with van der Waals surface area (Å²) in [5.74, 6) is 0.912. The number of piperazine rings is 1. The zero-order valence-electron chi connectivity index (χ0n) is 16.0. The Morgan fingerprint density at radius 3 is 2.46 bits per heavy atom. The summed E-state index contributed by atoms with van der Waals surface area (Å²) in [6.07, 6.45) is 3.46. The summed E-state index contributed by atoms with van der Waals surface area (Å²) in [6, 6.07) is 9.12. The Bertz CT molecular complexity index is 960. The van der Waals surface area contributed by atoms with Crippen molar-refractivity contribution >= 4 is 0 Å². The summed E-state index contributed by atoms with van der Waals surface area (Å²) in [5.41, 5.74) is 2.59. The largest absolute Gasteiger partial charge is 0.360 e. The normalized spacial score (nSPS) is 15.8. The Morgan fingerprint density at radius 1 is 1.00 bits per heavy atom. The van der Waals surface area contributed by atoms with Crippen LogP contribution in [0.3, 0.4) is 0 Å². The van der Waals surface area contributed by atoms with Gasteiger partial charge in [0.2, 0.25) is 0 Å². The number of hydrogen-bond donors (Lipinski definition) is 0. The molecule has 4 heterocycles. The van der Waals surface area contributed by atoms with Crippen molar-refractivity contribution in [2.75, 3.05) is 32.7 Å². The van der Waals surface area contributed by atoms with Gasteiger partial charge in [0.15, 0.2) is 5.76 Å². The summed E-state index contributed by atoms with van der Waals surface area (Å²) < 4.78 is 6.86. The predicted molar refractivity (Wildman–Crippen MR) is 105 cm³/mol. The molecule has 0 unspecified atom stereocenters. The van der Waals surface area contributed by atoms with Crippen LogP contribution in [0.4, 0.5) is 0 Å². The molecule has 8 nitrogen and oxygen atoms in total. The second kappa shape index (κ2) is 8.45. The first-order valence-electron chi connectivity index (χ1n) is 9.53. The van der Waals surface area contributed by atoms with Crippen LogP contribution in [0.15, 0.2) is 52.0 Å². The minimum Gasteiger partial charge on any atom is -0.360 e. The van der Waals surface area contributed by atoms with Crippen molar-refractivity contribution in [2.24, 2.45) is 0 Å². The number of aromatic nitrogens is 4. The number of rotatable bonds is 6. The Kier molecular flexibility index (Phi) is 5.59. The highest BCUT2D eigenvalue weighted by molar-refractivity contribution is 5.56. The van der Waals surface area contributed by atoms with Gasteiger partial charge < -0.3 is 4.52 Å². The van der Waals surface area contributed by atoms with Crippen LogP contribution in [0.5, 0.6) is 0 Å². The monoisotopic (exact) mass is 380 g/mol. The second-order valence-electron chi connectivity index (χ2n) is 7.07. The van der Waals surface area contributed by atoms with Gasteiger partial charge in [0.25, 0.3) is 5.56 Å². The first-order valence-corrected chi connectivity index (χ1v) is 9.53. The van der Waals surface area contributed by atoms with E-state index >= 15 is 0 Å². The molecule has 0 atom stereocenters. The van der Waals surface area contributed by atoms with Crippen molar-refractivity contribution in [3.05, 3.63) is 64.5 Å². The fraction of sp³-hybridized carbons (Fsp3) is 0.400. The first kappa shape index (κ1) is 18.5. The number of pyridine rings is 1. The molecule has 1 aliphatic rings. The quantitative estimate of drug-likeness (QED) is 0.640. The molecule has 0 aromatic carbocycles. The maximum atomic E-state index is 12.2. The van der Waals surface area contributed by atoms with E-state index in [1.165, 1.54) is 0 Å². The second-order valence-corrected chi connectivity index (χ2v) is 7.07. The highest BCUT2D eigenvalue weighted by Crippen LogP contribution is 2.13. The van der Waals surface area contributed by atoms with Gasteiger partial charge in [0.05, 0.1) is 24.5 Å². The summed E-state index contributed by atoms with van der Waals surface area (Å²) in [4.78, 5) is 20.9. The molecule has 0 bridgehead atoms.